The first-order chi connectivity index (χ1) is 9.43. The molecule has 0 aliphatic heterocycles. The second kappa shape index (κ2) is 8.85. The number of hydrogen-bond acceptors (Lipinski definition) is 3. The normalized spacial score (nSPS) is 10.1. The standard InChI is InChI=1S/C15H25N3O2.ClH/c1-6-7-12-13(11(3)19)10(2)17-14(12)15(20)18(5)9-8-16-4;/h16-17H,6-9H2,1-5H3;1H. The molecule has 120 valence electrons. The van der Waals surface area contributed by atoms with Gasteiger partial charge in [-0.1, -0.05) is 13.3 Å². The maximum absolute atomic E-state index is 12.5. The van der Waals surface area contributed by atoms with Crippen LogP contribution in [0.2, 0.25) is 0 Å². The summed E-state index contributed by atoms with van der Waals surface area (Å²) in [6.45, 7) is 6.82. The van der Waals surface area contributed by atoms with Crippen LogP contribution in [0.25, 0.3) is 0 Å². The van der Waals surface area contributed by atoms with Gasteiger partial charge >= 0.3 is 0 Å². The molecule has 1 amide bonds. The maximum Gasteiger partial charge on any atom is 0.270 e. The fourth-order valence-electron chi connectivity index (χ4n) is 2.41. The molecule has 0 aromatic carbocycles. The van der Waals surface area contributed by atoms with Crippen LogP contribution >= 0.6 is 12.4 Å². The van der Waals surface area contributed by atoms with E-state index in [1.54, 1.807) is 18.9 Å². The highest BCUT2D eigenvalue weighted by atomic mass is 35.5. The fraction of sp³-hybridized carbons (Fsp3) is 0.600. The summed E-state index contributed by atoms with van der Waals surface area (Å²) in [5.41, 5.74) is 2.88. The number of hydrogen-bond donors (Lipinski definition) is 2. The molecular weight excluding hydrogens is 290 g/mol. The van der Waals surface area contributed by atoms with E-state index in [9.17, 15) is 9.59 Å². The van der Waals surface area contributed by atoms with Gasteiger partial charge in [-0.05, 0) is 32.9 Å². The van der Waals surface area contributed by atoms with Gasteiger partial charge in [0.05, 0.1) is 0 Å². The molecule has 0 spiro atoms. The first-order valence-electron chi connectivity index (χ1n) is 7.06. The Labute approximate surface area is 132 Å². The van der Waals surface area contributed by atoms with Crippen molar-refractivity contribution in [2.24, 2.45) is 0 Å². The summed E-state index contributed by atoms with van der Waals surface area (Å²) >= 11 is 0. The summed E-state index contributed by atoms with van der Waals surface area (Å²) in [6.07, 6.45) is 1.64. The highest BCUT2D eigenvalue weighted by Crippen LogP contribution is 2.22. The number of carbonyl (C=O) groups is 2. The predicted molar refractivity (Wildman–Crippen MR) is 87.7 cm³/mol. The lowest BCUT2D eigenvalue weighted by Crippen LogP contribution is -2.33. The van der Waals surface area contributed by atoms with Gasteiger partial charge in [0.2, 0.25) is 0 Å². The van der Waals surface area contributed by atoms with Crippen LogP contribution in [0.15, 0.2) is 0 Å². The van der Waals surface area contributed by atoms with E-state index in [4.69, 9.17) is 0 Å². The van der Waals surface area contributed by atoms with E-state index in [0.717, 1.165) is 30.6 Å². The molecule has 0 aliphatic carbocycles. The number of ketones is 1. The molecule has 1 aromatic rings. The lowest BCUT2D eigenvalue weighted by Gasteiger charge is -2.17. The number of halogens is 1. The molecule has 2 N–H and O–H groups in total. The van der Waals surface area contributed by atoms with Crippen LogP contribution in [-0.4, -0.2) is 48.8 Å². The Bertz CT molecular complexity index is 497. The zero-order valence-electron chi connectivity index (χ0n) is 13.5. The zero-order chi connectivity index (χ0) is 15.3. The number of amides is 1. The Balaban J connectivity index is 0.00000400. The molecule has 0 saturated heterocycles. The highest BCUT2D eigenvalue weighted by Gasteiger charge is 2.23. The summed E-state index contributed by atoms with van der Waals surface area (Å²) in [4.78, 5) is 29.1. The van der Waals surface area contributed by atoms with Gasteiger partial charge in [-0.3, -0.25) is 9.59 Å². The molecular formula is C15H26ClN3O2. The van der Waals surface area contributed by atoms with E-state index in [0.29, 0.717) is 17.8 Å². The Morgan fingerprint density at radius 3 is 2.43 bits per heavy atom. The topological polar surface area (TPSA) is 65.2 Å². The third-order valence-corrected chi connectivity index (χ3v) is 3.40. The molecule has 1 heterocycles. The number of Topliss-reactive ketones (excluding diaryl/α,β-unsaturated/α-hetero) is 1. The van der Waals surface area contributed by atoms with E-state index in [1.165, 1.54) is 0 Å². The number of nitrogens with zero attached hydrogens (tertiary/aromatic N) is 1. The summed E-state index contributed by atoms with van der Waals surface area (Å²) in [5.74, 6) is -0.0431. The minimum Gasteiger partial charge on any atom is -0.354 e. The van der Waals surface area contributed by atoms with Gasteiger partial charge in [-0.2, -0.15) is 0 Å². The van der Waals surface area contributed by atoms with Gasteiger partial charge in [0.1, 0.15) is 5.69 Å². The number of likely N-dealkylation sites (N-methyl/N-ethyl adjacent to an activating group) is 2. The Morgan fingerprint density at radius 1 is 1.33 bits per heavy atom. The lowest BCUT2D eigenvalue weighted by atomic mass is 10.0. The van der Waals surface area contributed by atoms with Crippen molar-refractivity contribution in [2.45, 2.75) is 33.6 Å². The van der Waals surface area contributed by atoms with Crippen molar-refractivity contribution < 1.29 is 9.59 Å². The van der Waals surface area contributed by atoms with Crippen LogP contribution in [0.4, 0.5) is 0 Å². The Kier molecular flexibility index (Phi) is 8.29. The molecule has 1 rings (SSSR count). The SMILES string of the molecule is CCCc1c(C(=O)N(C)CCNC)[nH]c(C)c1C(C)=O.Cl. The van der Waals surface area contributed by atoms with Crippen molar-refractivity contribution in [1.29, 1.82) is 0 Å². The number of aryl methyl sites for hydroxylation is 1. The van der Waals surface area contributed by atoms with Gasteiger partial charge in [0, 0.05) is 31.4 Å². The molecule has 0 fully saturated rings. The third-order valence-electron chi connectivity index (χ3n) is 3.40. The van der Waals surface area contributed by atoms with Crippen molar-refractivity contribution in [1.82, 2.24) is 15.2 Å². The molecule has 5 nitrogen and oxygen atoms in total. The summed E-state index contributed by atoms with van der Waals surface area (Å²) in [7, 11) is 3.63. The van der Waals surface area contributed by atoms with Crippen molar-refractivity contribution in [2.75, 3.05) is 27.2 Å². The Morgan fingerprint density at radius 2 is 1.95 bits per heavy atom. The van der Waals surface area contributed by atoms with Crippen LogP contribution in [0.1, 0.15) is 52.4 Å². The van der Waals surface area contributed by atoms with Crippen LogP contribution in [0.5, 0.6) is 0 Å². The zero-order valence-corrected chi connectivity index (χ0v) is 14.3. The number of nitrogens with one attached hydrogen (secondary N) is 2. The minimum absolute atomic E-state index is 0. The fourth-order valence-corrected chi connectivity index (χ4v) is 2.41. The third kappa shape index (κ3) is 4.58. The average Bonchev–Trinajstić information content (AvgIpc) is 2.72. The number of aromatic nitrogens is 1. The summed E-state index contributed by atoms with van der Waals surface area (Å²) in [5, 5.41) is 3.02. The summed E-state index contributed by atoms with van der Waals surface area (Å²) < 4.78 is 0. The lowest BCUT2D eigenvalue weighted by molar-refractivity contribution is 0.0790. The monoisotopic (exact) mass is 315 g/mol. The summed E-state index contributed by atoms with van der Waals surface area (Å²) in [6, 6.07) is 0. The number of carbonyl (C=O) groups excluding carboxylic acids is 2. The first-order valence-corrected chi connectivity index (χ1v) is 7.06. The second-order valence-corrected chi connectivity index (χ2v) is 5.12. The smallest absolute Gasteiger partial charge is 0.270 e. The highest BCUT2D eigenvalue weighted by molar-refractivity contribution is 6.02. The molecule has 6 heteroatoms. The molecule has 0 atom stereocenters. The number of H-pyrrole nitrogens is 1. The van der Waals surface area contributed by atoms with Gasteiger partial charge in [-0.25, -0.2) is 0 Å². The van der Waals surface area contributed by atoms with Gasteiger partial charge in [0.15, 0.2) is 5.78 Å². The van der Waals surface area contributed by atoms with Crippen molar-refractivity contribution in [3.63, 3.8) is 0 Å². The minimum atomic E-state index is -0.0562. The van der Waals surface area contributed by atoms with Crippen LogP contribution < -0.4 is 5.32 Å². The molecule has 0 radical (unpaired) electrons. The number of rotatable bonds is 7. The van der Waals surface area contributed by atoms with Crippen molar-refractivity contribution in [3.8, 4) is 0 Å². The maximum atomic E-state index is 12.5. The van der Waals surface area contributed by atoms with Crippen LogP contribution in [0.3, 0.4) is 0 Å². The molecule has 0 unspecified atom stereocenters. The van der Waals surface area contributed by atoms with Crippen molar-refractivity contribution in [3.05, 3.63) is 22.5 Å². The largest absolute Gasteiger partial charge is 0.354 e. The van der Waals surface area contributed by atoms with Crippen LogP contribution in [-0.2, 0) is 6.42 Å². The van der Waals surface area contributed by atoms with Crippen LogP contribution in [0, 0.1) is 6.92 Å². The number of aromatic amines is 1. The Hall–Kier alpha value is -1.33. The quantitative estimate of drug-likeness (QED) is 0.758. The van der Waals surface area contributed by atoms with Gasteiger partial charge in [0.25, 0.3) is 5.91 Å². The predicted octanol–water partition coefficient (Wildman–Crippen LogP) is 2.19. The second-order valence-electron chi connectivity index (χ2n) is 5.12. The van der Waals surface area contributed by atoms with E-state index in [-0.39, 0.29) is 24.1 Å². The van der Waals surface area contributed by atoms with E-state index >= 15 is 0 Å². The van der Waals surface area contributed by atoms with E-state index in [2.05, 4.69) is 10.3 Å². The van der Waals surface area contributed by atoms with E-state index in [1.807, 2.05) is 20.9 Å². The van der Waals surface area contributed by atoms with E-state index < -0.39 is 0 Å². The van der Waals surface area contributed by atoms with Gasteiger partial charge in [-0.15, -0.1) is 12.4 Å². The van der Waals surface area contributed by atoms with Crippen molar-refractivity contribution >= 4 is 24.1 Å². The molecule has 0 bridgehead atoms. The molecule has 1 aromatic heterocycles. The van der Waals surface area contributed by atoms with Gasteiger partial charge < -0.3 is 15.2 Å². The molecule has 0 saturated carbocycles. The average molecular weight is 316 g/mol. The molecule has 21 heavy (non-hydrogen) atoms. The molecule has 0 aliphatic rings. The first kappa shape index (κ1) is 19.7.